The molecule has 134 valence electrons. The number of ether oxygens (including phenoxy) is 1. The molecule has 7 heteroatoms. The number of anilines is 1. The molecule has 4 aromatic heterocycles. The third-order valence-corrected chi connectivity index (χ3v) is 4.72. The van der Waals surface area contributed by atoms with Gasteiger partial charge in [0.2, 0.25) is 0 Å². The highest BCUT2D eigenvalue weighted by atomic mass is 16.5. The highest BCUT2D eigenvalue weighted by Crippen LogP contribution is 2.29. The Morgan fingerprint density at radius 2 is 1.93 bits per heavy atom. The number of aromatic amines is 1. The number of rotatable bonds is 3. The third-order valence-electron chi connectivity index (χ3n) is 4.72. The Labute approximate surface area is 156 Å². The predicted molar refractivity (Wildman–Crippen MR) is 103 cm³/mol. The molecule has 0 amide bonds. The number of nitrogens with zero attached hydrogens (tertiary/aromatic N) is 5. The topological polar surface area (TPSA) is 79.8 Å². The first-order valence-electron chi connectivity index (χ1n) is 8.93. The molecule has 4 aromatic rings. The van der Waals surface area contributed by atoms with Gasteiger partial charge in [-0.25, -0.2) is 4.98 Å². The molecule has 0 bridgehead atoms. The van der Waals surface area contributed by atoms with E-state index in [2.05, 4.69) is 25.1 Å². The highest BCUT2D eigenvalue weighted by Gasteiger charge is 2.16. The molecule has 5 heterocycles. The van der Waals surface area contributed by atoms with E-state index >= 15 is 0 Å². The molecule has 5 rings (SSSR count). The number of fused-ring (bicyclic) bond motifs is 1. The Hall–Kier alpha value is -3.32. The lowest BCUT2D eigenvalue weighted by Gasteiger charge is -2.27. The molecule has 0 aromatic carbocycles. The summed E-state index contributed by atoms with van der Waals surface area (Å²) in [5.74, 6) is 0.952. The maximum Gasteiger partial charge on any atom is 0.129 e. The van der Waals surface area contributed by atoms with E-state index in [1.54, 1.807) is 12.4 Å². The second-order valence-corrected chi connectivity index (χ2v) is 6.41. The number of hydrogen-bond donors (Lipinski definition) is 1. The smallest absolute Gasteiger partial charge is 0.129 e. The van der Waals surface area contributed by atoms with Crippen molar-refractivity contribution >= 4 is 16.7 Å². The normalized spacial score (nSPS) is 14.6. The van der Waals surface area contributed by atoms with E-state index in [-0.39, 0.29) is 0 Å². The van der Waals surface area contributed by atoms with Crippen LogP contribution in [0, 0.1) is 0 Å². The molecular weight excluding hydrogens is 340 g/mol. The van der Waals surface area contributed by atoms with Crippen LogP contribution in [-0.2, 0) is 4.74 Å². The maximum absolute atomic E-state index is 5.44. The second kappa shape index (κ2) is 6.77. The third kappa shape index (κ3) is 3.02. The number of H-pyrrole nitrogens is 1. The van der Waals surface area contributed by atoms with Crippen molar-refractivity contribution < 1.29 is 4.74 Å². The van der Waals surface area contributed by atoms with E-state index in [1.165, 1.54) is 0 Å². The molecule has 7 nitrogen and oxygen atoms in total. The summed E-state index contributed by atoms with van der Waals surface area (Å²) in [6.45, 7) is 3.18. The van der Waals surface area contributed by atoms with Gasteiger partial charge in [0.05, 0.1) is 36.3 Å². The van der Waals surface area contributed by atoms with Crippen LogP contribution in [0.15, 0.2) is 55.0 Å². The fourth-order valence-electron chi connectivity index (χ4n) is 3.31. The van der Waals surface area contributed by atoms with E-state index in [1.807, 2.05) is 42.6 Å². The summed E-state index contributed by atoms with van der Waals surface area (Å²) in [5, 5.41) is 8.56. The number of pyridine rings is 3. The molecule has 27 heavy (non-hydrogen) atoms. The lowest BCUT2D eigenvalue weighted by molar-refractivity contribution is 0.122. The Bertz CT molecular complexity index is 1070. The zero-order valence-electron chi connectivity index (χ0n) is 14.7. The van der Waals surface area contributed by atoms with Crippen LogP contribution in [-0.4, -0.2) is 51.5 Å². The van der Waals surface area contributed by atoms with Crippen molar-refractivity contribution in [2.24, 2.45) is 0 Å². The van der Waals surface area contributed by atoms with E-state index in [4.69, 9.17) is 9.72 Å². The van der Waals surface area contributed by atoms with E-state index < -0.39 is 0 Å². The zero-order chi connectivity index (χ0) is 18.1. The summed E-state index contributed by atoms with van der Waals surface area (Å²) in [6, 6.07) is 12.0. The zero-order valence-corrected chi connectivity index (χ0v) is 14.7. The molecule has 0 atom stereocenters. The van der Waals surface area contributed by atoms with Crippen LogP contribution >= 0.6 is 0 Å². The fourth-order valence-corrected chi connectivity index (χ4v) is 3.31. The van der Waals surface area contributed by atoms with Crippen LogP contribution < -0.4 is 4.90 Å². The monoisotopic (exact) mass is 358 g/mol. The number of hydrogen-bond acceptors (Lipinski definition) is 6. The van der Waals surface area contributed by atoms with Crippen molar-refractivity contribution in [2.75, 3.05) is 31.2 Å². The molecule has 0 spiro atoms. The Morgan fingerprint density at radius 1 is 1.00 bits per heavy atom. The summed E-state index contributed by atoms with van der Waals surface area (Å²) < 4.78 is 5.44. The van der Waals surface area contributed by atoms with Gasteiger partial charge in [-0.15, -0.1) is 0 Å². The SMILES string of the molecule is c1cncc(-c2cc3c(-c4cccc(N5CCOCC5)n4)n[nH]c3cn2)c1. The first kappa shape index (κ1) is 15.9. The van der Waals surface area contributed by atoms with Crippen LogP contribution in [0.5, 0.6) is 0 Å². The van der Waals surface area contributed by atoms with Gasteiger partial charge in [-0.2, -0.15) is 5.10 Å². The molecular formula is C20H18N6O. The Kier molecular flexibility index (Phi) is 3.99. The van der Waals surface area contributed by atoms with Gasteiger partial charge in [-0.1, -0.05) is 6.07 Å². The minimum absolute atomic E-state index is 0.734. The van der Waals surface area contributed by atoms with Gasteiger partial charge in [0.1, 0.15) is 11.5 Å². The molecule has 1 aliphatic heterocycles. The first-order valence-corrected chi connectivity index (χ1v) is 8.93. The molecule has 0 aliphatic carbocycles. The van der Waals surface area contributed by atoms with E-state index in [9.17, 15) is 0 Å². The van der Waals surface area contributed by atoms with E-state index in [0.29, 0.717) is 0 Å². The minimum atomic E-state index is 0.734. The van der Waals surface area contributed by atoms with Gasteiger partial charge in [0.25, 0.3) is 0 Å². The molecule has 0 saturated carbocycles. The number of morpholine rings is 1. The van der Waals surface area contributed by atoms with Crippen LogP contribution in [0.4, 0.5) is 5.82 Å². The van der Waals surface area contributed by atoms with Crippen molar-refractivity contribution in [1.29, 1.82) is 0 Å². The molecule has 1 aliphatic rings. The van der Waals surface area contributed by atoms with Crippen molar-refractivity contribution in [3.8, 4) is 22.6 Å². The summed E-state index contributed by atoms with van der Waals surface area (Å²) in [4.78, 5) is 15.8. The van der Waals surface area contributed by atoms with Gasteiger partial charge in [0, 0.05) is 36.4 Å². The molecule has 1 fully saturated rings. The van der Waals surface area contributed by atoms with Crippen LogP contribution in [0.25, 0.3) is 33.5 Å². The van der Waals surface area contributed by atoms with Crippen molar-refractivity contribution in [3.63, 3.8) is 0 Å². The predicted octanol–water partition coefficient (Wildman–Crippen LogP) is 2.92. The second-order valence-electron chi connectivity index (χ2n) is 6.41. The number of nitrogens with one attached hydrogen (secondary N) is 1. The summed E-state index contributed by atoms with van der Waals surface area (Å²) >= 11 is 0. The first-order chi connectivity index (χ1) is 13.4. The largest absolute Gasteiger partial charge is 0.378 e. The molecule has 1 N–H and O–H groups in total. The average Bonchev–Trinajstić information content (AvgIpc) is 3.18. The van der Waals surface area contributed by atoms with Gasteiger partial charge in [0.15, 0.2) is 0 Å². The number of aromatic nitrogens is 5. The maximum atomic E-state index is 5.44. The van der Waals surface area contributed by atoms with Gasteiger partial charge >= 0.3 is 0 Å². The summed E-state index contributed by atoms with van der Waals surface area (Å²) in [5.41, 5.74) is 4.39. The van der Waals surface area contributed by atoms with Gasteiger partial charge in [-0.3, -0.25) is 15.1 Å². The lowest BCUT2D eigenvalue weighted by atomic mass is 10.1. The summed E-state index contributed by atoms with van der Waals surface area (Å²) in [6.07, 6.45) is 5.37. The van der Waals surface area contributed by atoms with Crippen LogP contribution in [0.1, 0.15) is 0 Å². The van der Waals surface area contributed by atoms with Crippen molar-refractivity contribution in [2.45, 2.75) is 0 Å². The highest BCUT2D eigenvalue weighted by molar-refractivity contribution is 5.93. The summed E-state index contributed by atoms with van der Waals surface area (Å²) in [7, 11) is 0. The minimum Gasteiger partial charge on any atom is -0.378 e. The quantitative estimate of drug-likeness (QED) is 0.607. The van der Waals surface area contributed by atoms with Crippen LogP contribution in [0.3, 0.4) is 0 Å². The average molecular weight is 358 g/mol. The molecule has 0 unspecified atom stereocenters. The lowest BCUT2D eigenvalue weighted by Crippen LogP contribution is -2.36. The fraction of sp³-hybridized carbons (Fsp3) is 0.200. The van der Waals surface area contributed by atoms with E-state index in [0.717, 1.165) is 65.7 Å². The Morgan fingerprint density at radius 3 is 2.78 bits per heavy atom. The molecule has 1 saturated heterocycles. The van der Waals surface area contributed by atoms with Crippen molar-refractivity contribution in [1.82, 2.24) is 25.1 Å². The van der Waals surface area contributed by atoms with Gasteiger partial charge in [-0.05, 0) is 30.3 Å². The van der Waals surface area contributed by atoms with Crippen molar-refractivity contribution in [3.05, 3.63) is 55.0 Å². The van der Waals surface area contributed by atoms with Crippen LogP contribution in [0.2, 0.25) is 0 Å². The Balaban J connectivity index is 1.57. The molecule has 0 radical (unpaired) electrons. The standard InChI is InChI=1S/C20H18N6O/c1-4-16(23-19(5-1)26-7-9-27-10-8-26)20-15-11-17(14-3-2-6-21-12-14)22-13-18(15)24-25-20/h1-6,11-13H,7-10H2,(H,24,25). The van der Waals surface area contributed by atoms with Gasteiger partial charge < -0.3 is 9.64 Å².